The number of amides is 1. The Kier molecular flexibility index (Phi) is 4.42. The highest BCUT2D eigenvalue weighted by Crippen LogP contribution is 2.28. The number of furan rings is 1. The van der Waals surface area contributed by atoms with Crippen LogP contribution in [0.4, 0.5) is 0 Å². The lowest BCUT2D eigenvalue weighted by molar-refractivity contribution is -0.132. The van der Waals surface area contributed by atoms with Gasteiger partial charge in [-0.1, -0.05) is 6.42 Å². The number of carbonyl (C=O) groups excluding carboxylic acids is 1. The van der Waals surface area contributed by atoms with Crippen molar-refractivity contribution in [3.63, 3.8) is 0 Å². The normalized spacial score (nSPS) is 23.2. The molecule has 0 aromatic carbocycles. The van der Waals surface area contributed by atoms with Crippen LogP contribution in [0, 0.1) is 5.92 Å². The minimum Gasteiger partial charge on any atom is -0.469 e. The van der Waals surface area contributed by atoms with Gasteiger partial charge in [0.2, 0.25) is 5.91 Å². The summed E-state index contributed by atoms with van der Waals surface area (Å²) in [6, 6.07) is 4.09. The van der Waals surface area contributed by atoms with Crippen molar-refractivity contribution in [2.24, 2.45) is 11.7 Å². The van der Waals surface area contributed by atoms with Gasteiger partial charge in [0, 0.05) is 25.9 Å². The van der Waals surface area contributed by atoms with Crippen LogP contribution in [0.25, 0.3) is 0 Å². The minimum atomic E-state index is 0.191. The van der Waals surface area contributed by atoms with Crippen LogP contribution < -0.4 is 5.73 Å². The fourth-order valence-electron chi connectivity index (χ4n) is 2.85. The maximum Gasteiger partial charge on any atom is 0.223 e. The first-order valence-electron chi connectivity index (χ1n) is 6.70. The molecule has 1 saturated carbocycles. The summed E-state index contributed by atoms with van der Waals surface area (Å²) in [6.07, 6.45) is 6.25. The Labute approximate surface area is 108 Å². The van der Waals surface area contributed by atoms with E-state index in [-0.39, 0.29) is 5.91 Å². The van der Waals surface area contributed by atoms with Crippen molar-refractivity contribution in [1.29, 1.82) is 0 Å². The summed E-state index contributed by atoms with van der Waals surface area (Å²) in [5.74, 6) is 1.54. The molecule has 0 spiro atoms. The molecule has 1 amide bonds. The van der Waals surface area contributed by atoms with Crippen LogP contribution in [0.1, 0.15) is 31.4 Å². The standard InChI is InChI=1S/C14H22N2O2/c1-16(13-6-2-4-11(13)10-15)14(17)8-7-12-5-3-9-18-12/h3,5,9,11,13H,2,4,6-8,10,15H2,1H3. The topological polar surface area (TPSA) is 59.5 Å². The molecule has 1 fully saturated rings. The lowest BCUT2D eigenvalue weighted by Crippen LogP contribution is -2.41. The zero-order valence-electron chi connectivity index (χ0n) is 11.0. The summed E-state index contributed by atoms with van der Waals surface area (Å²) in [4.78, 5) is 14.0. The van der Waals surface area contributed by atoms with Gasteiger partial charge in [-0.05, 0) is 37.4 Å². The van der Waals surface area contributed by atoms with Crippen molar-refractivity contribution in [2.45, 2.75) is 38.1 Å². The van der Waals surface area contributed by atoms with Gasteiger partial charge >= 0.3 is 0 Å². The highest BCUT2D eigenvalue weighted by molar-refractivity contribution is 5.76. The first kappa shape index (κ1) is 13.1. The van der Waals surface area contributed by atoms with Gasteiger partial charge in [-0.15, -0.1) is 0 Å². The molecule has 2 rings (SSSR count). The van der Waals surface area contributed by atoms with E-state index >= 15 is 0 Å². The molecular formula is C14H22N2O2. The molecule has 2 unspecified atom stereocenters. The van der Waals surface area contributed by atoms with Gasteiger partial charge in [-0.25, -0.2) is 0 Å². The molecule has 100 valence electrons. The van der Waals surface area contributed by atoms with Gasteiger partial charge in [-0.2, -0.15) is 0 Å². The third-order valence-corrected chi connectivity index (χ3v) is 3.98. The van der Waals surface area contributed by atoms with Crippen LogP contribution in [0.15, 0.2) is 22.8 Å². The molecule has 1 heterocycles. The van der Waals surface area contributed by atoms with E-state index in [9.17, 15) is 4.79 Å². The van der Waals surface area contributed by atoms with E-state index in [0.717, 1.165) is 18.6 Å². The largest absolute Gasteiger partial charge is 0.469 e. The average Bonchev–Trinajstić information content (AvgIpc) is 3.05. The van der Waals surface area contributed by atoms with E-state index in [4.69, 9.17) is 10.2 Å². The molecule has 4 nitrogen and oxygen atoms in total. The summed E-state index contributed by atoms with van der Waals surface area (Å²) < 4.78 is 5.24. The lowest BCUT2D eigenvalue weighted by atomic mass is 10.0. The summed E-state index contributed by atoms with van der Waals surface area (Å²) in [7, 11) is 1.91. The monoisotopic (exact) mass is 250 g/mol. The zero-order valence-corrected chi connectivity index (χ0v) is 11.0. The van der Waals surface area contributed by atoms with Crippen molar-refractivity contribution in [3.05, 3.63) is 24.2 Å². The number of hydrogen-bond acceptors (Lipinski definition) is 3. The molecule has 18 heavy (non-hydrogen) atoms. The van der Waals surface area contributed by atoms with Gasteiger partial charge < -0.3 is 15.1 Å². The summed E-state index contributed by atoms with van der Waals surface area (Å²) in [6.45, 7) is 0.681. The van der Waals surface area contributed by atoms with Gasteiger partial charge in [0.25, 0.3) is 0 Å². The summed E-state index contributed by atoms with van der Waals surface area (Å²) in [5.41, 5.74) is 5.76. The minimum absolute atomic E-state index is 0.191. The van der Waals surface area contributed by atoms with Crippen molar-refractivity contribution in [1.82, 2.24) is 4.90 Å². The highest BCUT2D eigenvalue weighted by Gasteiger charge is 2.31. The molecule has 0 saturated heterocycles. The average molecular weight is 250 g/mol. The van der Waals surface area contributed by atoms with E-state index in [1.54, 1.807) is 6.26 Å². The fraction of sp³-hybridized carbons (Fsp3) is 0.643. The number of aryl methyl sites for hydroxylation is 1. The maximum atomic E-state index is 12.1. The second kappa shape index (κ2) is 6.05. The maximum absolute atomic E-state index is 12.1. The zero-order chi connectivity index (χ0) is 13.0. The number of nitrogens with zero attached hydrogens (tertiary/aromatic N) is 1. The molecule has 0 bridgehead atoms. The van der Waals surface area contributed by atoms with Crippen molar-refractivity contribution < 1.29 is 9.21 Å². The van der Waals surface area contributed by atoms with Crippen LogP contribution in [0.5, 0.6) is 0 Å². The number of rotatable bonds is 5. The molecule has 1 aromatic rings. The second-order valence-electron chi connectivity index (χ2n) is 5.08. The van der Waals surface area contributed by atoms with Crippen LogP contribution >= 0.6 is 0 Å². The van der Waals surface area contributed by atoms with E-state index < -0.39 is 0 Å². The Morgan fingerprint density at radius 1 is 1.56 bits per heavy atom. The van der Waals surface area contributed by atoms with Gasteiger partial charge in [0.15, 0.2) is 0 Å². The predicted molar refractivity (Wildman–Crippen MR) is 70.0 cm³/mol. The predicted octanol–water partition coefficient (Wildman–Crippen LogP) is 1.80. The van der Waals surface area contributed by atoms with E-state index in [1.807, 2.05) is 24.1 Å². The van der Waals surface area contributed by atoms with Gasteiger partial charge in [0.1, 0.15) is 5.76 Å². The van der Waals surface area contributed by atoms with Crippen molar-refractivity contribution >= 4 is 5.91 Å². The molecule has 4 heteroatoms. The smallest absolute Gasteiger partial charge is 0.223 e. The number of nitrogens with two attached hydrogens (primary N) is 1. The third-order valence-electron chi connectivity index (χ3n) is 3.98. The molecule has 1 aliphatic carbocycles. The summed E-state index contributed by atoms with van der Waals surface area (Å²) >= 11 is 0. The first-order chi connectivity index (χ1) is 8.72. The molecule has 1 aliphatic rings. The first-order valence-corrected chi connectivity index (χ1v) is 6.70. The molecule has 1 aromatic heterocycles. The SMILES string of the molecule is CN(C(=O)CCc1ccco1)C1CCCC1CN. The highest BCUT2D eigenvalue weighted by atomic mass is 16.3. The number of carbonyl (C=O) groups is 1. The third kappa shape index (κ3) is 2.93. The Bertz CT molecular complexity index is 375. The Morgan fingerprint density at radius 2 is 2.39 bits per heavy atom. The molecular weight excluding hydrogens is 228 g/mol. The van der Waals surface area contributed by atoms with Gasteiger partial charge in [-0.3, -0.25) is 4.79 Å². The van der Waals surface area contributed by atoms with E-state index in [1.165, 1.54) is 6.42 Å². The fourth-order valence-corrected chi connectivity index (χ4v) is 2.85. The Balaban J connectivity index is 1.84. The Morgan fingerprint density at radius 3 is 3.06 bits per heavy atom. The van der Waals surface area contributed by atoms with Crippen molar-refractivity contribution in [2.75, 3.05) is 13.6 Å². The second-order valence-corrected chi connectivity index (χ2v) is 5.08. The summed E-state index contributed by atoms with van der Waals surface area (Å²) in [5, 5.41) is 0. The van der Waals surface area contributed by atoms with Crippen LogP contribution in [-0.2, 0) is 11.2 Å². The van der Waals surface area contributed by atoms with Crippen LogP contribution in [0.2, 0.25) is 0 Å². The quantitative estimate of drug-likeness (QED) is 0.866. The molecule has 2 atom stereocenters. The van der Waals surface area contributed by atoms with E-state index in [0.29, 0.717) is 31.3 Å². The molecule has 0 radical (unpaired) electrons. The Hall–Kier alpha value is -1.29. The van der Waals surface area contributed by atoms with Crippen LogP contribution in [0.3, 0.4) is 0 Å². The van der Waals surface area contributed by atoms with Crippen LogP contribution in [-0.4, -0.2) is 30.4 Å². The number of hydrogen-bond donors (Lipinski definition) is 1. The molecule has 2 N–H and O–H groups in total. The van der Waals surface area contributed by atoms with E-state index in [2.05, 4.69) is 0 Å². The lowest BCUT2D eigenvalue weighted by Gasteiger charge is -2.29. The van der Waals surface area contributed by atoms with Crippen molar-refractivity contribution in [3.8, 4) is 0 Å². The molecule has 0 aliphatic heterocycles. The van der Waals surface area contributed by atoms with Gasteiger partial charge in [0.05, 0.1) is 6.26 Å².